The van der Waals surface area contributed by atoms with Crippen LogP contribution in [0.2, 0.25) is 0 Å². The monoisotopic (exact) mass is 411 g/mol. The van der Waals surface area contributed by atoms with Crippen molar-refractivity contribution in [3.63, 3.8) is 0 Å². The molecule has 0 bridgehead atoms. The normalized spacial score (nSPS) is 14.7. The van der Waals surface area contributed by atoms with Crippen LogP contribution in [0.1, 0.15) is 32.1 Å². The Morgan fingerprint density at radius 2 is 2.11 bits per heavy atom. The number of halogens is 1. The Kier molecular flexibility index (Phi) is 6.56. The lowest BCUT2D eigenvalue weighted by atomic mass is 9.96. The lowest BCUT2D eigenvalue weighted by Gasteiger charge is -2.21. The number of anilines is 2. The third-order valence-electron chi connectivity index (χ3n) is 4.10. The molecule has 1 amide bonds. The molecule has 1 aromatic carbocycles. The summed E-state index contributed by atoms with van der Waals surface area (Å²) in [6.07, 6.45) is 5.95. The number of carbonyl (C=O) groups excluding carboxylic acids is 1. The van der Waals surface area contributed by atoms with E-state index < -0.39 is 16.6 Å². The molecule has 3 rings (SSSR count). The van der Waals surface area contributed by atoms with Gasteiger partial charge in [-0.3, -0.25) is 14.9 Å². The van der Waals surface area contributed by atoms with Crippen LogP contribution in [-0.4, -0.2) is 32.8 Å². The highest BCUT2D eigenvalue weighted by Gasteiger charge is 2.16. The summed E-state index contributed by atoms with van der Waals surface area (Å²) in [5.41, 5.74) is -0.506. The molecule has 1 aromatic heterocycles. The van der Waals surface area contributed by atoms with Crippen molar-refractivity contribution >= 4 is 45.5 Å². The summed E-state index contributed by atoms with van der Waals surface area (Å²) < 4.78 is 14.3. The second-order valence-electron chi connectivity index (χ2n) is 6.11. The van der Waals surface area contributed by atoms with E-state index in [0.29, 0.717) is 10.4 Å². The van der Waals surface area contributed by atoms with Gasteiger partial charge in [-0.2, -0.15) is 0 Å². The van der Waals surface area contributed by atoms with Gasteiger partial charge in [0.1, 0.15) is 5.82 Å². The predicted molar refractivity (Wildman–Crippen MR) is 103 cm³/mol. The summed E-state index contributed by atoms with van der Waals surface area (Å²) >= 11 is 2.55. The number of hydrogen-bond donors (Lipinski definition) is 2. The van der Waals surface area contributed by atoms with Crippen molar-refractivity contribution < 1.29 is 14.1 Å². The molecule has 1 saturated carbocycles. The number of nitro benzene ring substituents is 1. The lowest BCUT2D eigenvalue weighted by molar-refractivity contribution is -0.384. The number of benzene rings is 1. The number of nitro groups is 1. The van der Waals surface area contributed by atoms with Crippen LogP contribution in [0.5, 0.6) is 0 Å². The van der Waals surface area contributed by atoms with Crippen LogP contribution in [0.25, 0.3) is 0 Å². The predicted octanol–water partition coefficient (Wildman–Crippen LogP) is 4.06. The van der Waals surface area contributed by atoms with E-state index in [-0.39, 0.29) is 17.1 Å². The first kappa shape index (κ1) is 19.5. The van der Waals surface area contributed by atoms with Gasteiger partial charge in [-0.15, -0.1) is 10.2 Å². The number of hydrogen-bond acceptors (Lipinski definition) is 8. The number of carbonyl (C=O) groups is 1. The molecule has 1 aliphatic carbocycles. The number of rotatable bonds is 7. The first-order valence-corrected chi connectivity index (χ1v) is 10.3. The number of non-ortho nitro benzene ring substituents is 1. The van der Waals surface area contributed by atoms with Gasteiger partial charge in [0.15, 0.2) is 4.34 Å². The van der Waals surface area contributed by atoms with Crippen LogP contribution in [0.15, 0.2) is 22.5 Å². The van der Waals surface area contributed by atoms with Gasteiger partial charge in [-0.05, 0) is 18.9 Å². The molecule has 27 heavy (non-hydrogen) atoms. The highest BCUT2D eigenvalue weighted by molar-refractivity contribution is 8.01. The molecular weight excluding hydrogens is 393 g/mol. The van der Waals surface area contributed by atoms with Gasteiger partial charge in [0.2, 0.25) is 11.0 Å². The van der Waals surface area contributed by atoms with Crippen molar-refractivity contribution in [2.75, 3.05) is 16.4 Å². The summed E-state index contributed by atoms with van der Waals surface area (Å²) in [4.78, 5) is 22.1. The number of thioether (sulfide) groups is 1. The summed E-state index contributed by atoms with van der Waals surface area (Å²) in [5.74, 6) is -1.20. The molecule has 0 atom stereocenters. The van der Waals surface area contributed by atoms with E-state index in [2.05, 4.69) is 20.8 Å². The smallest absolute Gasteiger partial charge is 0.271 e. The minimum absolute atomic E-state index is 0.000192. The number of nitrogens with zero attached hydrogens (tertiary/aromatic N) is 3. The molecule has 2 N–H and O–H groups in total. The molecular formula is C16H18FN5O3S2. The Morgan fingerprint density at radius 3 is 2.85 bits per heavy atom. The van der Waals surface area contributed by atoms with Gasteiger partial charge in [-0.1, -0.05) is 42.4 Å². The molecule has 0 saturated heterocycles. The fraction of sp³-hybridized carbons (Fsp3) is 0.438. The van der Waals surface area contributed by atoms with Gasteiger partial charge in [0.25, 0.3) is 5.69 Å². The Morgan fingerprint density at radius 1 is 1.33 bits per heavy atom. The van der Waals surface area contributed by atoms with Crippen LogP contribution in [-0.2, 0) is 4.79 Å². The Labute approximate surface area is 163 Å². The van der Waals surface area contributed by atoms with E-state index in [1.54, 1.807) is 0 Å². The van der Waals surface area contributed by atoms with E-state index in [9.17, 15) is 19.3 Å². The molecule has 8 nitrogen and oxygen atoms in total. The van der Waals surface area contributed by atoms with E-state index >= 15 is 0 Å². The molecule has 144 valence electrons. The van der Waals surface area contributed by atoms with Gasteiger partial charge >= 0.3 is 0 Å². The number of amides is 1. The fourth-order valence-electron chi connectivity index (χ4n) is 2.78. The molecule has 0 unspecified atom stereocenters. The zero-order chi connectivity index (χ0) is 19.2. The minimum atomic E-state index is -0.728. The third-order valence-corrected chi connectivity index (χ3v) is 6.09. The highest BCUT2D eigenvalue weighted by atomic mass is 32.2. The molecule has 0 spiro atoms. The van der Waals surface area contributed by atoms with Crippen LogP contribution < -0.4 is 10.6 Å². The lowest BCUT2D eigenvalue weighted by Crippen LogP contribution is -2.21. The van der Waals surface area contributed by atoms with Crippen LogP contribution in [0.3, 0.4) is 0 Å². The number of aromatic nitrogens is 2. The van der Waals surface area contributed by atoms with E-state index in [0.717, 1.165) is 36.2 Å². The van der Waals surface area contributed by atoms with Crippen molar-refractivity contribution in [1.29, 1.82) is 0 Å². The van der Waals surface area contributed by atoms with Crippen molar-refractivity contribution in [3.8, 4) is 0 Å². The van der Waals surface area contributed by atoms with E-state index in [1.807, 2.05) is 0 Å². The quantitative estimate of drug-likeness (QED) is 0.401. The average Bonchev–Trinajstić information content (AvgIpc) is 3.10. The molecule has 1 aliphatic rings. The summed E-state index contributed by atoms with van der Waals surface area (Å²) in [6, 6.07) is 3.41. The number of nitrogens with one attached hydrogen (secondary N) is 2. The maximum absolute atomic E-state index is 13.7. The third kappa shape index (κ3) is 5.60. The second-order valence-corrected chi connectivity index (χ2v) is 8.31. The van der Waals surface area contributed by atoms with Crippen LogP contribution >= 0.6 is 23.1 Å². The standard InChI is InChI=1S/C16H18FN5O3S2/c17-12-7-6-11(22(24)25)8-13(12)19-14(23)9-26-16-21-20-15(27-16)18-10-4-2-1-3-5-10/h6-8,10H,1-5,9H2,(H,18,20)(H,19,23). The molecule has 2 aromatic rings. The summed E-state index contributed by atoms with van der Waals surface area (Å²) in [7, 11) is 0. The van der Waals surface area contributed by atoms with Crippen molar-refractivity contribution in [3.05, 3.63) is 34.1 Å². The van der Waals surface area contributed by atoms with Crippen molar-refractivity contribution in [2.24, 2.45) is 0 Å². The summed E-state index contributed by atoms with van der Waals surface area (Å²) in [6.45, 7) is 0. The maximum atomic E-state index is 13.7. The molecule has 0 aliphatic heterocycles. The van der Waals surface area contributed by atoms with E-state index in [1.165, 1.54) is 42.4 Å². The largest absolute Gasteiger partial charge is 0.357 e. The van der Waals surface area contributed by atoms with Gasteiger partial charge in [0.05, 0.1) is 16.4 Å². The van der Waals surface area contributed by atoms with Gasteiger partial charge in [-0.25, -0.2) is 4.39 Å². The first-order chi connectivity index (χ1) is 13.0. The van der Waals surface area contributed by atoms with Gasteiger partial charge < -0.3 is 10.6 Å². The topological polar surface area (TPSA) is 110 Å². The van der Waals surface area contributed by atoms with Gasteiger partial charge in [0, 0.05) is 18.2 Å². The molecule has 1 fully saturated rings. The first-order valence-electron chi connectivity index (χ1n) is 8.48. The van der Waals surface area contributed by atoms with Crippen LogP contribution in [0, 0.1) is 15.9 Å². The van der Waals surface area contributed by atoms with Crippen LogP contribution in [0.4, 0.5) is 20.9 Å². The maximum Gasteiger partial charge on any atom is 0.271 e. The summed E-state index contributed by atoms with van der Waals surface area (Å²) in [5, 5.41) is 25.3. The molecule has 11 heteroatoms. The average molecular weight is 411 g/mol. The van der Waals surface area contributed by atoms with Crippen molar-refractivity contribution in [1.82, 2.24) is 10.2 Å². The Hall–Kier alpha value is -2.27. The zero-order valence-electron chi connectivity index (χ0n) is 14.3. The molecule has 0 radical (unpaired) electrons. The minimum Gasteiger partial charge on any atom is -0.357 e. The molecule has 1 heterocycles. The Balaban J connectivity index is 1.51. The second kappa shape index (κ2) is 9.09. The SMILES string of the molecule is O=C(CSc1nnc(NC2CCCCC2)s1)Nc1cc([N+](=O)[O-])ccc1F. The highest BCUT2D eigenvalue weighted by Crippen LogP contribution is 2.28. The van der Waals surface area contributed by atoms with E-state index in [4.69, 9.17) is 0 Å². The zero-order valence-corrected chi connectivity index (χ0v) is 15.9. The Bertz CT molecular complexity index is 826. The fourth-order valence-corrected chi connectivity index (χ4v) is 4.41. The van der Waals surface area contributed by atoms with Crippen molar-refractivity contribution in [2.45, 2.75) is 42.5 Å².